The van der Waals surface area contributed by atoms with E-state index in [4.69, 9.17) is 10.5 Å². The average molecular weight is 364 g/mol. The van der Waals surface area contributed by atoms with Crippen LogP contribution in [0.2, 0.25) is 0 Å². The van der Waals surface area contributed by atoms with Gasteiger partial charge in [-0.1, -0.05) is 0 Å². The molecular weight excluding hydrogens is 340 g/mol. The van der Waals surface area contributed by atoms with E-state index in [1.54, 1.807) is 12.3 Å². The number of anilines is 2. The van der Waals surface area contributed by atoms with Crippen molar-refractivity contribution in [2.24, 2.45) is 11.7 Å². The number of nitrogens with two attached hydrogens (primary N) is 1. The summed E-state index contributed by atoms with van der Waals surface area (Å²) in [5.41, 5.74) is 4.06. The summed E-state index contributed by atoms with van der Waals surface area (Å²) in [6, 6.07) is 1.93. The first kappa shape index (κ1) is 18.3. The maximum atomic E-state index is 11.5. The van der Waals surface area contributed by atoms with Crippen LogP contribution in [0.25, 0.3) is 0 Å². The second kappa shape index (κ2) is 7.81. The molecule has 2 fully saturated rings. The third-order valence-corrected chi connectivity index (χ3v) is 5.15. The first-order chi connectivity index (χ1) is 12.5. The molecule has 4 N–H and O–H groups in total. The monoisotopic (exact) mass is 364 g/mol. The van der Waals surface area contributed by atoms with Crippen LogP contribution in [0.15, 0.2) is 12.3 Å². The zero-order valence-corrected chi connectivity index (χ0v) is 14.5. The Bertz CT molecular complexity index is 656. The third-order valence-electron chi connectivity index (χ3n) is 5.15. The predicted octanol–water partition coefficient (Wildman–Crippen LogP) is 1.13. The molecule has 1 amide bonds. The number of nitrogens with one attached hydrogen (secondary N) is 2. The molecule has 0 bridgehead atoms. The van der Waals surface area contributed by atoms with E-state index >= 15 is 0 Å². The van der Waals surface area contributed by atoms with E-state index in [-0.39, 0.29) is 41.6 Å². The van der Waals surface area contributed by atoms with Crippen LogP contribution in [0, 0.1) is 16.0 Å². The Kier molecular flexibility index (Phi) is 5.50. The van der Waals surface area contributed by atoms with Gasteiger partial charge in [-0.2, -0.15) is 4.98 Å². The molecule has 0 radical (unpaired) electrons. The van der Waals surface area contributed by atoms with Crippen LogP contribution in [0.5, 0.6) is 0 Å². The highest BCUT2D eigenvalue weighted by Gasteiger charge is 2.45. The van der Waals surface area contributed by atoms with E-state index in [0.29, 0.717) is 19.0 Å². The number of carbonyl (C=O) groups excluding carboxylic acids is 1. The van der Waals surface area contributed by atoms with Crippen LogP contribution in [0.4, 0.5) is 11.8 Å². The first-order valence-corrected chi connectivity index (χ1v) is 8.88. The molecular formula is C16H24N6O4. The number of amides is 1. The van der Waals surface area contributed by atoms with Crippen molar-refractivity contribution in [2.75, 3.05) is 23.8 Å². The largest absolute Gasteiger partial charge is 0.381 e. The molecule has 1 saturated carbocycles. The van der Waals surface area contributed by atoms with Gasteiger partial charge >= 0.3 is 0 Å². The minimum atomic E-state index is -1.30. The normalized spacial score (nSPS) is 25.2. The van der Waals surface area contributed by atoms with Gasteiger partial charge in [0.05, 0.1) is 26.1 Å². The molecule has 142 valence electrons. The smallest absolute Gasteiger partial charge is 0.300 e. The minimum absolute atomic E-state index is 0.0517. The Labute approximate surface area is 151 Å². The van der Waals surface area contributed by atoms with Gasteiger partial charge in [0.15, 0.2) is 0 Å². The topological polar surface area (TPSA) is 145 Å². The summed E-state index contributed by atoms with van der Waals surface area (Å²) in [5, 5.41) is 17.8. The van der Waals surface area contributed by atoms with E-state index in [1.165, 1.54) is 0 Å². The fourth-order valence-corrected chi connectivity index (χ4v) is 3.50. The maximum absolute atomic E-state index is 11.5. The van der Waals surface area contributed by atoms with Crippen molar-refractivity contribution in [3.8, 4) is 0 Å². The summed E-state index contributed by atoms with van der Waals surface area (Å²) in [7, 11) is 0. The van der Waals surface area contributed by atoms with Gasteiger partial charge in [-0.25, -0.2) is 4.98 Å². The summed E-state index contributed by atoms with van der Waals surface area (Å²) in [5.74, 6) is 0.540. The molecule has 0 atom stereocenters. The second-order valence-corrected chi connectivity index (χ2v) is 6.89. The number of rotatable bonds is 6. The molecule has 2 heterocycles. The minimum Gasteiger partial charge on any atom is -0.381 e. The number of nitro groups is 1. The highest BCUT2D eigenvalue weighted by Crippen LogP contribution is 2.27. The summed E-state index contributed by atoms with van der Waals surface area (Å²) < 4.78 is 5.23. The molecule has 26 heavy (non-hydrogen) atoms. The van der Waals surface area contributed by atoms with Gasteiger partial charge in [0, 0.05) is 23.1 Å². The van der Waals surface area contributed by atoms with Crippen molar-refractivity contribution in [1.29, 1.82) is 0 Å². The highest BCUT2D eigenvalue weighted by molar-refractivity contribution is 5.76. The number of hydrogen-bond acceptors (Lipinski definition) is 8. The predicted molar refractivity (Wildman–Crippen MR) is 94.0 cm³/mol. The third kappa shape index (κ3) is 4.18. The van der Waals surface area contributed by atoms with E-state index in [1.807, 2.05) is 0 Å². The molecule has 0 aromatic carbocycles. The number of ether oxygens (including phenoxy) is 1. The summed E-state index contributed by atoms with van der Waals surface area (Å²) >= 11 is 0. The Balaban J connectivity index is 1.63. The number of carbonyl (C=O) groups is 1. The van der Waals surface area contributed by atoms with Gasteiger partial charge in [-0.3, -0.25) is 20.2 Å². The Morgan fingerprint density at radius 3 is 2.62 bits per heavy atom. The van der Waals surface area contributed by atoms with Crippen molar-refractivity contribution in [3.05, 3.63) is 22.4 Å². The van der Waals surface area contributed by atoms with E-state index in [2.05, 4.69) is 20.6 Å². The van der Waals surface area contributed by atoms with Crippen LogP contribution < -0.4 is 16.4 Å². The van der Waals surface area contributed by atoms with E-state index in [9.17, 15) is 14.9 Å². The van der Waals surface area contributed by atoms with Crippen LogP contribution in [-0.4, -0.2) is 45.7 Å². The molecule has 10 nitrogen and oxygen atoms in total. The van der Waals surface area contributed by atoms with Crippen LogP contribution in [0.1, 0.15) is 38.5 Å². The highest BCUT2D eigenvalue weighted by atomic mass is 16.6. The molecule has 1 aliphatic carbocycles. The van der Waals surface area contributed by atoms with E-state index in [0.717, 1.165) is 25.7 Å². The number of nitrogens with zero attached hydrogens (tertiary/aromatic N) is 3. The molecule has 1 aromatic heterocycles. The first-order valence-electron chi connectivity index (χ1n) is 8.88. The van der Waals surface area contributed by atoms with Crippen molar-refractivity contribution in [3.63, 3.8) is 0 Å². The Morgan fingerprint density at radius 2 is 2.00 bits per heavy atom. The standard InChI is InChI=1S/C16H24N6O4/c17-14(23)11-1-3-12(4-2-11)19-13-5-8-18-15(20-13)21-16(22(24)25)6-9-26-10-7-16/h5,8,11-12H,1-4,6-7,9-10H2,(H2,17,23)(H2,18,19,20,21). The zero-order valence-electron chi connectivity index (χ0n) is 14.5. The molecule has 10 heteroatoms. The Morgan fingerprint density at radius 1 is 1.31 bits per heavy atom. The quantitative estimate of drug-likeness (QED) is 0.387. The molecule has 3 rings (SSSR count). The summed E-state index contributed by atoms with van der Waals surface area (Å²) in [6.07, 6.45) is 5.27. The van der Waals surface area contributed by atoms with Crippen molar-refractivity contribution >= 4 is 17.7 Å². The number of hydrogen-bond donors (Lipinski definition) is 3. The lowest BCUT2D eigenvalue weighted by Crippen LogP contribution is -2.50. The molecule has 1 saturated heterocycles. The fourth-order valence-electron chi connectivity index (χ4n) is 3.50. The Hall–Kier alpha value is -2.49. The van der Waals surface area contributed by atoms with Gasteiger partial charge in [0.2, 0.25) is 11.9 Å². The summed E-state index contributed by atoms with van der Waals surface area (Å²) in [4.78, 5) is 31.0. The molecule has 1 aliphatic heterocycles. The van der Waals surface area contributed by atoms with Gasteiger partial charge in [0.1, 0.15) is 5.82 Å². The molecule has 0 unspecified atom stereocenters. The van der Waals surface area contributed by atoms with Gasteiger partial charge in [-0.15, -0.1) is 0 Å². The number of primary amides is 1. The lowest BCUT2D eigenvalue weighted by molar-refractivity contribution is -0.568. The molecule has 0 spiro atoms. The van der Waals surface area contributed by atoms with Crippen LogP contribution in [0.3, 0.4) is 0 Å². The van der Waals surface area contributed by atoms with Gasteiger partial charge in [-0.05, 0) is 31.7 Å². The zero-order chi connectivity index (χ0) is 18.6. The molecule has 2 aliphatic rings. The molecule has 1 aromatic rings. The van der Waals surface area contributed by atoms with E-state index < -0.39 is 5.66 Å². The fraction of sp³-hybridized carbons (Fsp3) is 0.688. The average Bonchev–Trinajstić information content (AvgIpc) is 2.63. The lowest BCUT2D eigenvalue weighted by atomic mass is 9.85. The van der Waals surface area contributed by atoms with Crippen molar-refractivity contribution < 1.29 is 14.5 Å². The van der Waals surface area contributed by atoms with Crippen molar-refractivity contribution in [1.82, 2.24) is 9.97 Å². The maximum Gasteiger partial charge on any atom is 0.300 e. The van der Waals surface area contributed by atoms with Gasteiger partial charge in [0.25, 0.3) is 5.66 Å². The van der Waals surface area contributed by atoms with Crippen LogP contribution in [-0.2, 0) is 9.53 Å². The van der Waals surface area contributed by atoms with Gasteiger partial charge < -0.3 is 15.8 Å². The number of aromatic nitrogens is 2. The van der Waals surface area contributed by atoms with Crippen LogP contribution >= 0.6 is 0 Å². The summed E-state index contributed by atoms with van der Waals surface area (Å²) in [6.45, 7) is 0.657. The second-order valence-electron chi connectivity index (χ2n) is 6.89. The lowest BCUT2D eigenvalue weighted by Gasteiger charge is -2.30. The van der Waals surface area contributed by atoms with Crippen molar-refractivity contribution in [2.45, 2.75) is 50.2 Å². The SMILES string of the molecule is NC(=O)C1CCC(Nc2ccnc(NC3([N+](=O)[O-])CCOCC3)n2)CC1.